The van der Waals surface area contributed by atoms with E-state index in [1.54, 1.807) is 11.3 Å². The van der Waals surface area contributed by atoms with Crippen molar-refractivity contribution in [2.75, 3.05) is 11.9 Å². The monoisotopic (exact) mass is 301 g/mol. The summed E-state index contributed by atoms with van der Waals surface area (Å²) >= 11 is 1.76. The maximum Gasteiger partial charge on any atom is 0.193 e. The Hall–Kier alpha value is -1.81. The van der Waals surface area contributed by atoms with E-state index in [4.69, 9.17) is 5.73 Å². The summed E-state index contributed by atoms with van der Waals surface area (Å²) < 4.78 is 0. The number of nitrogens with two attached hydrogens (primary N) is 1. The first-order valence-corrected chi connectivity index (χ1v) is 7.94. The summed E-state index contributed by atoms with van der Waals surface area (Å²) in [5.41, 5.74) is 9.42. The van der Waals surface area contributed by atoms with Crippen LogP contribution in [0.2, 0.25) is 0 Å². The van der Waals surface area contributed by atoms with Crippen LogP contribution < -0.4 is 11.1 Å². The van der Waals surface area contributed by atoms with Crippen molar-refractivity contribution in [1.29, 1.82) is 0 Å². The number of thiophene rings is 1. The van der Waals surface area contributed by atoms with Crippen LogP contribution in [0.15, 0.2) is 40.7 Å². The van der Waals surface area contributed by atoms with Gasteiger partial charge in [-0.05, 0) is 48.6 Å². The highest BCUT2D eigenvalue weighted by molar-refractivity contribution is 7.10. The second kappa shape index (κ2) is 6.31. The van der Waals surface area contributed by atoms with Gasteiger partial charge in [0.15, 0.2) is 5.96 Å². The summed E-state index contributed by atoms with van der Waals surface area (Å²) in [6.45, 7) is 9.19. The summed E-state index contributed by atoms with van der Waals surface area (Å²) in [6.07, 6.45) is 0. The number of aryl methyl sites for hydroxylation is 2. The second-order valence-electron chi connectivity index (χ2n) is 6.06. The molecule has 0 bridgehead atoms. The summed E-state index contributed by atoms with van der Waals surface area (Å²) in [5, 5.41) is 5.27. The largest absolute Gasteiger partial charge is 0.370 e. The second-order valence-corrected chi connectivity index (χ2v) is 7.01. The molecule has 0 radical (unpaired) electrons. The van der Waals surface area contributed by atoms with Gasteiger partial charge < -0.3 is 11.1 Å². The lowest BCUT2D eigenvalue weighted by molar-refractivity contribution is 0.551. The molecular formula is C17H23N3S. The number of benzene rings is 1. The molecule has 0 aliphatic rings. The Kier molecular flexibility index (Phi) is 4.68. The average molecular weight is 301 g/mol. The summed E-state index contributed by atoms with van der Waals surface area (Å²) in [7, 11) is 0. The van der Waals surface area contributed by atoms with Crippen LogP contribution in [-0.2, 0) is 5.41 Å². The van der Waals surface area contributed by atoms with E-state index in [0.29, 0.717) is 12.5 Å². The number of nitrogens with one attached hydrogen (secondary N) is 1. The zero-order valence-electron chi connectivity index (χ0n) is 13.1. The third-order valence-corrected chi connectivity index (χ3v) is 4.56. The van der Waals surface area contributed by atoms with Crippen molar-refractivity contribution < 1.29 is 0 Å². The lowest BCUT2D eigenvalue weighted by Crippen LogP contribution is -2.27. The summed E-state index contributed by atoms with van der Waals surface area (Å²) in [6, 6.07) is 10.5. The highest BCUT2D eigenvalue weighted by atomic mass is 32.1. The molecule has 0 saturated carbocycles. The van der Waals surface area contributed by atoms with Crippen molar-refractivity contribution in [3.63, 3.8) is 0 Å². The minimum absolute atomic E-state index is 0.00296. The van der Waals surface area contributed by atoms with Crippen LogP contribution in [0.1, 0.15) is 29.9 Å². The molecule has 0 spiro atoms. The van der Waals surface area contributed by atoms with Crippen LogP contribution in [0.3, 0.4) is 0 Å². The molecule has 1 aromatic heterocycles. The van der Waals surface area contributed by atoms with Gasteiger partial charge in [-0.25, -0.2) is 0 Å². The molecule has 112 valence electrons. The van der Waals surface area contributed by atoms with Gasteiger partial charge >= 0.3 is 0 Å². The summed E-state index contributed by atoms with van der Waals surface area (Å²) in [5.74, 6) is 0.463. The minimum atomic E-state index is 0.00296. The molecule has 0 aliphatic heterocycles. The molecule has 21 heavy (non-hydrogen) atoms. The fourth-order valence-electron chi connectivity index (χ4n) is 2.26. The Morgan fingerprint density at radius 1 is 1.24 bits per heavy atom. The van der Waals surface area contributed by atoms with Gasteiger partial charge in [0.1, 0.15) is 0 Å². The number of aliphatic imine (C=N–C) groups is 1. The molecule has 3 N–H and O–H groups in total. The molecule has 0 atom stereocenters. The van der Waals surface area contributed by atoms with Crippen molar-refractivity contribution in [1.82, 2.24) is 0 Å². The van der Waals surface area contributed by atoms with Crippen molar-refractivity contribution >= 4 is 23.0 Å². The fourth-order valence-corrected chi connectivity index (χ4v) is 3.10. The average Bonchev–Trinajstić information content (AvgIpc) is 2.89. The van der Waals surface area contributed by atoms with Gasteiger partial charge in [-0.3, -0.25) is 4.99 Å². The van der Waals surface area contributed by atoms with Crippen LogP contribution in [0.4, 0.5) is 5.69 Å². The van der Waals surface area contributed by atoms with Crippen molar-refractivity contribution in [2.24, 2.45) is 10.7 Å². The highest BCUT2D eigenvalue weighted by Crippen LogP contribution is 2.27. The lowest BCUT2D eigenvalue weighted by Gasteiger charge is -2.21. The zero-order chi connectivity index (χ0) is 15.5. The molecule has 0 saturated heterocycles. The van der Waals surface area contributed by atoms with Gasteiger partial charge in [-0.1, -0.05) is 26.0 Å². The topological polar surface area (TPSA) is 50.4 Å². The Morgan fingerprint density at radius 3 is 2.48 bits per heavy atom. The first-order valence-electron chi connectivity index (χ1n) is 7.06. The van der Waals surface area contributed by atoms with Gasteiger partial charge in [0.05, 0.1) is 6.54 Å². The number of hydrogen-bond donors (Lipinski definition) is 2. The first-order chi connectivity index (χ1) is 9.87. The SMILES string of the molecule is Cc1cc(C)cc(NC(N)=NCC(C)(C)c2cccs2)c1. The Morgan fingerprint density at radius 2 is 1.90 bits per heavy atom. The third kappa shape index (κ3) is 4.33. The van der Waals surface area contributed by atoms with Crippen molar-refractivity contribution in [3.8, 4) is 0 Å². The molecule has 3 nitrogen and oxygen atoms in total. The number of rotatable bonds is 4. The number of guanidine groups is 1. The Labute approximate surface area is 130 Å². The van der Waals surface area contributed by atoms with E-state index >= 15 is 0 Å². The standard InChI is InChI=1S/C17H23N3S/c1-12-8-13(2)10-14(9-12)20-16(18)19-11-17(3,4)15-6-5-7-21-15/h5-10H,11H2,1-4H3,(H3,18,19,20). The van der Waals surface area contributed by atoms with Crippen LogP contribution in [0, 0.1) is 13.8 Å². The molecule has 1 heterocycles. The maximum absolute atomic E-state index is 6.01. The van der Waals surface area contributed by atoms with Crippen LogP contribution in [0.5, 0.6) is 0 Å². The normalized spacial score (nSPS) is 12.5. The predicted molar refractivity (Wildman–Crippen MR) is 93.4 cm³/mol. The molecular weight excluding hydrogens is 278 g/mol. The molecule has 0 fully saturated rings. The van der Waals surface area contributed by atoms with Gasteiger partial charge in [-0.15, -0.1) is 11.3 Å². The van der Waals surface area contributed by atoms with Gasteiger partial charge in [-0.2, -0.15) is 0 Å². The Balaban J connectivity index is 2.04. The molecule has 0 unspecified atom stereocenters. The van der Waals surface area contributed by atoms with E-state index in [1.165, 1.54) is 16.0 Å². The number of nitrogens with zero attached hydrogens (tertiary/aromatic N) is 1. The van der Waals surface area contributed by atoms with E-state index in [9.17, 15) is 0 Å². The maximum atomic E-state index is 6.01. The van der Waals surface area contributed by atoms with Gasteiger partial charge in [0.25, 0.3) is 0 Å². The smallest absolute Gasteiger partial charge is 0.193 e. The van der Waals surface area contributed by atoms with Crippen molar-refractivity contribution in [3.05, 3.63) is 51.7 Å². The molecule has 4 heteroatoms. The van der Waals surface area contributed by atoms with E-state index < -0.39 is 0 Å². The van der Waals surface area contributed by atoms with Crippen LogP contribution in [0.25, 0.3) is 0 Å². The Bertz CT molecular complexity index is 607. The quantitative estimate of drug-likeness (QED) is 0.660. The molecule has 2 aromatic rings. The molecule has 0 amide bonds. The van der Waals surface area contributed by atoms with Gasteiger partial charge in [0, 0.05) is 16.0 Å². The highest BCUT2D eigenvalue weighted by Gasteiger charge is 2.21. The molecule has 1 aromatic carbocycles. The number of anilines is 1. The fraction of sp³-hybridized carbons (Fsp3) is 0.353. The van der Waals surface area contributed by atoms with E-state index in [-0.39, 0.29) is 5.41 Å². The predicted octanol–water partition coefficient (Wildman–Crippen LogP) is 4.07. The van der Waals surface area contributed by atoms with Crippen LogP contribution >= 0.6 is 11.3 Å². The van der Waals surface area contributed by atoms with E-state index in [2.05, 4.69) is 73.7 Å². The van der Waals surface area contributed by atoms with Crippen molar-refractivity contribution in [2.45, 2.75) is 33.1 Å². The minimum Gasteiger partial charge on any atom is -0.370 e. The third-order valence-electron chi connectivity index (χ3n) is 3.33. The van der Waals surface area contributed by atoms with E-state index in [0.717, 1.165) is 5.69 Å². The zero-order valence-corrected chi connectivity index (χ0v) is 13.9. The first kappa shape index (κ1) is 15.6. The molecule has 0 aliphatic carbocycles. The lowest BCUT2D eigenvalue weighted by atomic mass is 9.92. The van der Waals surface area contributed by atoms with Crippen LogP contribution in [-0.4, -0.2) is 12.5 Å². The molecule has 2 rings (SSSR count). The summed E-state index contributed by atoms with van der Waals surface area (Å²) in [4.78, 5) is 5.82. The van der Waals surface area contributed by atoms with E-state index in [1.807, 2.05) is 0 Å². The van der Waals surface area contributed by atoms with Gasteiger partial charge in [0.2, 0.25) is 0 Å². The number of hydrogen-bond acceptors (Lipinski definition) is 2.